The fourth-order valence-electron chi connectivity index (χ4n) is 4.65. The molecule has 3 rings (SSSR count). The van der Waals surface area contributed by atoms with E-state index in [0.29, 0.717) is 24.3 Å². The normalized spacial score (nSPS) is 23.0. The molecule has 0 aromatic heterocycles. The summed E-state index contributed by atoms with van der Waals surface area (Å²) in [4.78, 5) is 14.1. The first-order chi connectivity index (χ1) is 14.1. The maximum Gasteiger partial charge on any atom is 0.411 e. The van der Waals surface area contributed by atoms with Crippen LogP contribution in [0.2, 0.25) is 18.1 Å². The quantitative estimate of drug-likeness (QED) is 0.368. The van der Waals surface area contributed by atoms with E-state index in [1.807, 2.05) is 6.07 Å². The first-order valence-electron chi connectivity index (χ1n) is 10.3. The van der Waals surface area contributed by atoms with Gasteiger partial charge in [0.15, 0.2) is 8.32 Å². The Bertz CT molecular complexity index is 915. The molecule has 0 spiro atoms. The van der Waals surface area contributed by atoms with Crippen molar-refractivity contribution in [2.45, 2.75) is 57.1 Å². The number of benzene rings is 1. The molecule has 3 N–H and O–H groups in total. The van der Waals surface area contributed by atoms with Gasteiger partial charge >= 0.3 is 6.09 Å². The van der Waals surface area contributed by atoms with Crippen LogP contribution in [-0.4, -0.2) is 53.8 Å². The summed E-state index contributed by atoms with van der Waals surface area (Å²) in [5.74, 6) is 5.93. The number of hydrogen-bond donors (Lipinski definition) is 2. The molecule has 0 radical (unpaired) electrons. The number of nitrogens with two attached hydrogens (primary N) is 1. The smallest absolute Gasteiger partial charge is 0.411 e. The van der Waals surface area contributed by atoms with Crippen LogP contribution >= 0.6 is 0 Å². The molecule has 9 nitrogen and oxygen atoms in total. The Morgan fingerprint density at radius 1 is 1.33 bits per heavy atom. The summed E-state index contributed by atoms with van der Waals surface area (Å²) in [7, 11) is -4.40. The minimum absolute atomic E-state index is 0.328. The van der Waals surface area contributed by atoms with E-state index in [0.717, 1.165) is 34.4 Å². The highest BCUT2D eigenvalue weighted by molar-refractivity contribution is 7.92. The monoisotopic (exact) mass is 456 g/mol. The van der Waals surface area contributed by atoms with Gasteiger partial charge in [0.2, 0.25) is 10.0 Å². The first kappa shape index (κ1) is 22.9. The van der Waals surface area contributed by atoms with E-state index < -0.39 is 36.2 Å². The number of carbonyl (C=O) groups excluding carboxylic acids is 1. The molecule has 30 heavy (non-hydrogen) atoms. The number of para-hydroxylation sites is 1. The van der Waals surface area contributed by atoms with Crippen molar-refractivity contribution < 1.29 is 22.4 Å². The standard InChI is InChI=1S/C19H32N4O5SSi/c1-6-30(7-2,8-3)28-19-12-13-22(18(24)27-4)17(19)21-16-14(19)10-9-11-15(16)23(20)29(5,25)26/h9-11,17,21H,6-8,12-13,20H2,1-5H3/t17?,19-/m0/s1. The predicted octanol–water partition coefficient (Wildman–Crippen LogP) is 2.77. The van der Waals surface area contributed by atoms with Crippen molar-refractivity contribution in [1.82, 2.24) is 4.90 Å². The van der Waals surface area contributed by atoms with E-state index in [4.69, 9.17) is 15.0 Å². The number of anilines is 2. The van der Waals surface area contributed by atoms with Gasteiger partial charge in [-0.05, 0) is 24.2 Å². The summed E-state index contributed by atoms with van der Waals surface area (Å²) in [6, 6.07) is 8.22. The van der Waals surface area contributed by atoms with Crippen molar-refractivity contribution in [3.8, 4) is 0 Å². The van der Waals surface area contributed by atoms with Gasteiger partial charge in [-0.15, -0.1) is 0 Å². The zero-order valence-electron chi connectivity index (χ0n) is 18.3. The second-order valence-electron chi connectivity index (χ2n) is 7.95. The first-order valence-corrected chi connectivity index (χ1v) is 14.7. The molecule has 1 aromatic carbocycles. The highest BCUT2D eigenvalue weighted by atomic mass is 32.2. The summed E-state index contributed by atoms with van der Waals surface area (Å²) < 4.78 is 37.0. The molecule has 1 unspecified atom stereocenters. The Morgan fingerprint density at radius 3 is 2.50 bits per heavy atom. The summed E-state index contributed by atoms with van der Waals surface area (Å²) in [6.07, 6.45) is 0.703. The fraction of sp³-hybridized carbons (Fsp3) is 0.632. The van der Waals surface area contributed by atoms with Gasteiger partial charge in [-0.3, -0.25) is 4.90 Å². The molecule has 2 atom stereocenters. The third-order valence-corrected chi connectivity index (χ3v) is 12.2. The lowest BCUT2D eigenvalue weighted by atomic mass is 9.92. The highest BCUT2D eigenvalue weighted by Gasteiger charge is 2.59. The van der Waals surface area contributed by atoms with Crippen LogP contribution in [0.1, 0.15) is 32.8 Å². The zero-order valence-corrected chi connectivity index (χ0v) is 20.1. The zero-order chi connectivity index (χ0) is 22.3. The maximum absolute atomic E-state index is 12.5. The minimum atomic E-state index is -3.67. The van der Waals surface area contributed by atoms with Crippen molar-refractivity contribution in [3.05, 3.63) is 23.8 Å². The number of nitrogens with one attached hydrogen (secondary N) is 1. The van der Waals surface area contributed by atoms with E-state index in [-0.39, 0.29) is 0 Å². The molecular formula is C19H32N4O5SSi. The molecule has 2 aliphatic rings. The molecule has 168 valence electrons. The van der Waals surface area contributed by atoms with Gasteiger partial charge in [-0.1, -0.05) is 32.9 Å². The Morgan fingerprint density at radius 2 is 1.97 bits per heavy atom. The van der Waals surface area contributed by atoms with Crippen LogP contribution in [0, 0.1) is 0 Å². The molecule has 0 bridgehead atoms. The van der Waals surface area contributed by atoms with Crippen molar-refractivity contribution in [2.24, 2.45) is 5.84 Å². The van der Waals surface area contributed by atoms with Gasteiger partial charge in [-0.2, -0.15) is 0 Å². The third kappa shape index (κ3) is 3.47. The maximum atomic E-state index is 12.5. The SMILES string of the molecule is CC[Si](CC)(CC)O[C@]12CCN(C(=O)OC)C1Nc1c(N(N)S(C)(=O)=O)cccc12. The minimum Gasteiger partial charge on any atom is -0.453 e. The Kier molecular flexibility index (Phi) is 6.11. The highest BCUT2D eigenvalue weighted by Crippen LogP contribution is 2.54. The second-order valence-corrected chi connectivity index (χ2v) is 14.5. The van der Waals surface area contributed by atoms with Crippen LogP contribution in [0.5, 0.6) is 0 Å². The van der Waals surface area contributed by atoms with Crippen molar-refractivity contribution in [3.63, 3.8) is 0 Å². The predicted molar refractivity (Wildman–Crippen MR) is 119 cm³/mol. The number of rotatable bonds is 7. The van der Waals surface area contributed by atoms with Gasteiger partial charge < -0.3 is 14.5 Å². The molecule has 1 saturated heterocycles. The number of hydrazine groups is 1. The Hall–Kier alpha value is -1.82. The lowest BCUT2D eigenvalue weighted by Crippen LogP contribution is -2.52. The van der Waals surface area contributed by atoms with Crippen LogP contribution < -0.4 is 15.6 Å². The van der Waals surface area contributed by atoms with E-state index in [2.05, 4.69) is 26.1 Å². The van der Waals surface area contributed by atoms with Crippen LogP contribution in [0.3, 0.4) is 0 Å². The Labute approximate surface area is 179 Å². The van der Waals surface area contributed by atoms with Crippen molar-refractivity contribution in [2.75, 3.05) is 29.6 Å². The van der Waals surface area contributed by atoms with Crippen molar-refractivity contribution in [1.29, 1.82) is 0 Å². The van der Waals surface area contributed by atoms with Crippen LogP contribution in [-0.2, 0) is 24.8 Å². The van der Waals surface area contributed by atoms with Gasteiger partial charge in [0, 0.05) is 18.5 Å². The number of sulfonamides is 1. The van der Waals surface area contributed by atoms with E-state index in [1.54, 1.807) is 17.0 Å². The van der Waals surface area contributed by atoms with Gasteiger partial charge in [0.25, 0.3) is 0 Å². The van der Waals surface area contributed by atoms with Crippen LogP contribution in [0.15, 0.2) is 18.2 Å². The number of ether oxygens (including phenoxy) is 1. The molecule has 1 aromatic rings. The summed E-state index contributed by atoms with van der Waals surface area (Å²) in [5, 5.41) is 3.36. The van der Waals surface area contributed by atoms with E-state index >= 15 is 0 Å². The fourth-order valence-corrected chi connectivity index (χ4v) is 8.19. The molecule has 11 heteroatoms. The van der Waals surface area contributed by atoms with Crippen LogP contribution in [0.25, 0.3) is 0 Å². The lowest BCUT2D eigenvalue weighted by molar-refractivity contribution is 0.0324. The van der Waals surface area contributed by atoms with Crippen molar-refractivity contribution >= 4 is 35.8 Å². The molecule has 1 amide bonds. The third-order valence-electron chi connectivity index (χ3n) is 6.59. The van der Waals surface area contributed by atoms with Gasteiger partial charge in [-0.25, -0.2) is 23.5 Å². The summed E-state index contributed by atoms with van der Waals surface area (Å²) in [6.45, 7) is 6.95. The topological polar surface area (TPSA) is 114 Å². The average molecular weight is 457 g/mol. The van der Waals surface area contributed by atoms with E-state index in [1.165, 1.54) is 7.11 Å². The van der Waals surface area contributed by atoms with Gasteiger partial charge in [0.1, 0.15) is 11.8 Å². The molecule has 1 fully saturated rings. The number of hydrogen-bond acceptors (Lipinski definition) is 7. The number of fused-ring (bicyclic) bond motifs is 3. The number of carbonyl (C=O) groups is 1. The van der Waals surface area contributed by atoms with E-state index in [9.17, 15) is 13.2 Å². The number of methoxy groups -OCH3 is 1. The second kappa shape index (κ2) is 8.02. The largest absolute Gasteiger partial charge is 0.453 e. The number of amides is 1. The lowest BCUT2D eigenvalue weighted by Gasteiger charge is -2.41. The van der Waals surface area contributed by atoms with Crippen LogP contribution in [0.4, 0.5) is 16.2 Å². The average Bonchev–Trinajstić information content (AvgIpc) is 3.24. The molecule has 2 aliphatic heterocycles. The molecule has 0 aliphatic carbocycles. The van der Waals surface area contributed by atoms with Gasteiger partial charge in [0.05, 0.1) is 24.7 Å². The summed E-state index contributed by atoms with van der Waals surface area (Å²) >= 11 is 0. The number of likely N-dealkylation sites (tertiary alicyclic amines) is 1. The molecule has 2 heterocycles. The summed E-state index contributed by atoms with van der Waals surface area (Å²) in [5.41, 5.74) is 0.971. The molecule has 0 saturated carbocycles. The Balaban J connectivity index is 2.18. The molecular weight excluding hydrogens is 424 g/mol. The number of nitrogens with zero attached hydrogens (tertiary/aromatic N) is 2.